The molecular weight excluding hydrogens is 253 g/mol. The van der Waals surface area contributed by atoms with E-state index in [9.17, 15) is 4.39 Å². The molecule has 106 valence electrons. The second-order valence-corrected chi connectivity index (χ2v) is 5.17. The van der Waals surface area contributed by atoms with Crippen molar-refractivity contribution in [1.29, 1.82) is 0 Å². The Kier molecular flexibility index (Phi) is 4.40. The van der Waals surface area contributed by atoms with Gasteiger partial charge >= 0.3 is 0 Å². The lowest BCUT2D eigenvalue weighted by molar-refractivity contribution is 0.189. The summed E-state index contributed by atoms with van der Waals surface area (Å²) in [6.07, 6.45) is -0.193. The van der Waals surface area contributed by atoms with E-state index in [-0.39, 0.29) is 18.0 Å². The largest absolute Gasteiger partial charge is 0.488 e. The van der Waals surface area contributed by atoms with Crippen LogP contribution in [0.4, 0.5) is 4.39 Å². The summed E-state index contributed by atoms with van der Waals surface area (Å²) in [5.74, 6) is 0.409. The van der Waals surface area contributed by atoms with Gasteiger partial charge in [-0.3, -0.25) is 0 Å². The number of halogens is 1. The van der Waals surface area contributed by atoms with Gasteiger partial charge in [0.25, 0.3) is 0 Å². The van der Waals surface area contributed by atoms with Crippen LogP contribution in [0, 0.1) is 19.7 Å². The first kappa shape index (κ1) is 14.5. The van der Waals surface area contributed by atoms with Gasteiger partial charge in [0, 0.05) is 0 Å². The van der Waals surface area contributed by atoms with E-state index in [1.165, 1.54) is 17.7 Å². The molecule has 3 heteroatoms. The third kappa shape index (κ3) is 3.36. The molecule has 2 rings (SSSR count). The van der Waals surface area contributed by atoms with Crippen molar-refractivity contribution in [2.75, 3.05) is 0 Å². The molecular formula is C17H20FNO. The van der Waals surface area contributed by atoms with Crippen LogP contribution in [0.2, 0.25) is 0 Å². The predicted octanol–water partition coefficient (Wildman–Crippen LogP) is 3.91. The molecule has 0 aliphatic heterocycles. The highest BCUT2D eigenvalue weighted by atomic mass is 19.1. The Bertz CT molecular complexity index is 580. The van der Waals surface area contributed by atoms with Crippen molar-refractivity contribution in [1.82, 2.24) is 0 Å². The fraction of sp³-hybridized carbons (Fsp3) is 0.294. The molecule has 0 spiro atoms. The van der Waals surface area contributed by atoms with Crippen LogP contribution in [-0.2, 0) is 0 Å². The minimum Gasteiger partial charge on any atom is -0.488 e. The van der Waals surface area contributed by atoms with Crippen molar-refractivity contribution in [3.8, 4) is 5.75 Å². The van der Waals surface area contributed by atoms with Gasteiger partial charge in [0.1, 0.15) is 17.7 Å². The molecule has 2 nitrogen and oxygen atoms in total. The first-order valence-corrected chi connectivity index (χ1v) is 6.72. The van der Waals surface area contributed by atoms with Crippen LogP contribution >= 0.6 is 0 Å². The Morgan fingerprint density at radius 3 is 2.30 bits per heavy atom. The van der Waals surface area contributed by atoms with Crippen molar-refractivity contribution in [2.24, 2.45) is 5.73 Å². The van der Waals surface area contributed by atoms with Gasteiger partial charge in [0.2, 0.25) is 0 Å². The monoisotopic (exact) mass is 273 g/mol. The van der Waals surface area contributed by atoms with Gasteiger partial charge in [0.15, 0.2) is 0 Å². The molecule has 2 aromatic carbocycles. The second kappa shape index (κ2) is 6.06. The third-order valence-corrected chi connectivity index (χ3v) is 3.42. The van der Waals surface area contributed by atoms with Crippen LogP contribution in [0.1, 0.15) is 29.7 Å². The van der Waals surface area contributed by atoms with Crippen LogP contribution in [0.15, 0.2) is 42.5 Å². The maximum absolute atomic E-state index is 13.1. The Labute approximate surface area is 119 Å². The van der Waals surface area contributed by atoms with Crippen molar-refractivity contribution < 1.29 is 9.13 Å². The highest BCUT2D eigenvalue weighted by Crippen LogP contribution is 2.24. The van der Waals surface area contributed by atoms with Crippen molar-refractivity contribution in [3.63, 3.8) is 0 Å². The number of benzene rings is 2. The summed E-state index contributed by atoms with van der Waals surface area (Å²) in [5.41, 5.74) is 9.22. The van der Waals surface area contributed by atoms with E-state index < -0.39 is 0 Å². The minimum atomic E-state index is -0.259. The van der Waals surface area contributed by atoms with Crippen LogP contribution in [0.5, 0.6) is 5.75 Å². The van der Waals surface area contributed by atoms with E-state index >= 15 is 0 Å². The number of ether oxygens (including phenoxy) is 1. The highest BCUT2D eigenvalue weighted by Gasteiger charge is 2.17. The zero-order valence-corrected chi connectivity index (χ0v) is 12.1. The van der Waals surface area contributed by atoms with Crippen molar-refractivity contribution in [2.45, 2.75) is 32.9 Å². The van der Waals surface area contributed by atoms with E-state index in [0.29, 0.717) is 5.75 Å². The third-order valence-electron chi connectivity index (χ3n) is 3.42. The van der Waals surface area contributed by atoms with E-state index in [0.717, 1.165) is 11.1 Å². The summed E-state index contributed by atoms with van der Waals surface area (Å²) < 4.78 is 18.9. The Morgan fingerprint density at radius 2 is 1.70 bits per heavy atom. The fourth-order valence-corrected chi connectivity index (χ4v) is 2.08. The molecule has 0 heterocycles. The van der Waals surface area contributed by atoms with Gasteiger partial charge in [-0.2, -0.15) is 0 Å². The summed E-state index contributed by atoms with van der Waals surface area (Å²) in [6.45, 7) is 5.78. The number of nitrogens with two attached hydrogens (primary N) is 1. The molecule has 0 bridgehead atoms. The van der Waals surface area contributed by atoms with Crippen molar-refractivity contribution in [3.05, 3.63) is 65.0 Å². The molecule has 0 aromatic heterocycles. The maximum Gasteiger partial charge on any atom is 0.123 e. The van der Waals surface area contributed by atoms with E-state index in [2.05, 4.69) is 0 Å². The predicted molar refractivity (Wildman–Crippen MR) is 79.3 cm³/mol. The topological polar surface area (TPSA) is 35.2 Å². The maximum atomic E-state index is 13.1. The normalized spacial score (nSPS) is 13.8. The van der Waals surface area contributed by atoms with Crippen LogP contribution in [-0.4, -0.2) is 6.10 Å². The molecule has 0 amide bonds. The first-order valence-electron chi connectivity index (χ1n) is 6.72. The summed E-state index contributed by atoms with van der Waals surface area (Å²) in [7, 11) is 0. The molecule has 0 aliphatic carbocycles. The quantitative estimate of drug-likeness (QED) is 0.916. The minimum absolute atomic E-state index is 0.193. The summed E-state index contributed by atoms with van der Waals surface area (Å²) >= 11 is 0. The lowest BCUT2D eigenvalue weighted by Crippen LogP contribution is -2.28. The molecule has 2 atom stereocenters. The second-order valence-electron chi connectivity index (χ2n) is 5.17. The lowest BCUT2D eigenvalue weighted by atomic mass is 10.0. The Morgan fingerprint density at radius 1 is 1.05 bits per heavy atom. The zero-order chi connectivity index (χ0) is 14.7. The van der Waals surface area contributed by atoms with Gasteiger partial charge in [-0.1, -0.05) is 29.8 Å². The molecule has 2 aromatic rings. The lowest BCUT2D eigenvalue weighted by Gasteiger charge is -2.23. The van der Waals surface area contributed by atoms with E-state index in [1.54, 1.807) is 6.07 Å². The van der Waals surface area contributed by atoms with Gasteiger partial charge in [-0.05, 0) is 50.1 Å². The van der Waals surface area contributed by atoms with Gasteiger partial charge in [0.05, 0.1) is 6.04 Å². The van der Waals surface area contributed by atoms with Gasteiger partial charge in [-0.25, -0.2) is 4.39 Å². The van der Waals surface area contributed by atoms with E-state index in [4.69, 9.17) is 10.5 Å². The van der Waals surface area contributed by atoms with Crippen LogP contribution < -0.4 is 10.5 Å². The molecule has 20 heavy (non-hydrogen) atoms. The van der Waals surface area contributed by atoms with Gasteiger partial charge in [-0.15, -0.1) is 0 Å². The summed E-state index contributed by atoms with van der Waals surface area (Å²) in [5, 5.41) is 0. The number of hydrogen-bond acceptors (Lipinski definition) is 2. The molecule has 0 fully saturated rings. The summed E-state index contributed by atoms with van der Waals surface area (Å²) in [6, 6.07) is 12.4. The summed E-state index contributed by atoms with van der Waals surface area (Å²) in [4.78, 5) is 0. The number of rotatable bonds is 4. The van der Waals surface area contributed by atoms with Crippen LogP contribution in [0.25, 0.3) is 0 Å². The SMILES string of the molecule is Cc1ccc(C(N)C(C)Oc2ccc(F)cc2C)cc1. The molecule has 2 unspecified atom stereocenters. The Balaban J connectivity index is 2.11. The molecule has 0 aliphatic rings. The molecule has 0 saturated heterocycles. The molecule has 2 N–H and O–H groups in total. The van der Waals surface area contributed by atoms with Crippen molar-refractivity contribution >= 4 is 0 Å². The van der Waals surface area contributed by atoms with E-state index in [1.807, 2.05) is 45.0 Å². The first-order chi connectivity index (χ1) is 9.47. The fourth-order valence-electron chi connectivity index (χ4n) is 2.08. The average molecular weight is 273 g/mol. The zero-order valence-electron chi connectivity index (χ0n) is 12.1. The number of aryl methyl sites for hydroxylation is 2. The molecule has 0 radical (unpaired) electrons. The highest BCUT2D eigenvalue weighted by molar-refractivity contribution is 5.33. The van der Waals surface area contributed by atoms with Crippen LogP contribution in [0.3, 0.4) is 0 Å². The smallest absolute Gasteiger partial charge is 0.123 e. The van der Waals surface area contributed by atoms with Gasteiger partial charge < -0.3 is 10.5 Å². The number of hydrogen-bond donors (Lipinski definition) is 1. The standard InChI is InChI=1S/C17H20FNO/c1-11-4-6-14(7-5-11)17(19)13(3)20-16-9-8-15(18)10-12(16)2/h4-10,13,17H,19H2,1-3H3. The average Bonchev–Trinajstić information content (AvgIpc) is 2.42. The molecule has 0 saturated carbocycles. The Hall–Kier alpha value is -1.87.